The number of hydrogen-bond acceptors (Lipinski definition) is 4. The van der Waals surface area contributed by atoms with Gasteiger partial charge in [-0.05, 0) is 31.0 Å². The maximum atomic E-state index is 10.7. The predicted octanol–water partition coefficient (Wildman–Crippen LogP) is 1.47. The number of carbonyl (C=O) groups is 1. The Morgan fingerprint density at radius 1 is 1.33 bits per heavy atom. The molecular weight excluding hydrogens is 230 g/mol. The summed E-state index contributed by atoms with van der Waals surface area (Å²) in [5, 5.41) is 9.86. The first kappa shape index (κ1) is 13.1. The monoisotopic (exact) mass is 249 g/mol. The zero-order valence-corrected chi connectivity index (χ0v) is 10.5. The van der Waals surface area contributed by atoms with E-state index in [4.69, 9.17) is 4.74 Å². The second-order valence-electron chi connectivity index (χ2n) is 4.53. The van der Waals surface area contributed by atoms with E-state index in [1.165, 1.54) is 0 Å². The van der Waals surface area contributed by atoms with Gasteiger partial charge in [0.15, 0.2) is 6.29 Å². The SMILES string of the molecule is O=Cc1cccc(CCCN2CCOCC2)c1O. The van der Waals surface area contributed by atoms with Crippen molar-refractivity contribution in [3.8, 4) is 5.75 Å². The van der Waals surface area contributed by atoms with Crippen molar-refractivity contribution in [2.75, 3.05) is 32.8 Å². The number of aromatic hydroxyl groups is 1. The molecule has 4 heteroatoms. The topological polar surface area (TPSA) is 49.8 Å². The molecule has 0 radical (unpaired) electrons. The maximum absolute atomic E-state index is 10.7. The first-order valence-electron chi connectivity index (χ1n) is 6.37. The first-order chi connectivity index (χ1) is 8.81. The minimum absolute atomic E-state index is 0.134. The van der Waals surface area contributed by atoms with Gasteiger partial charge in [0.2, 0.25) is 0 Å². The zero-order chi connectivity index (χ0) is 12.8. The molecule has 1 fully saturated rings. The summed E-state index contributed by atoms with van der Waals surface area (Å²) in [6.07, 6.45) is 2.47. The highest BCUT2D eigenvalue weighted by atomic mass is 16.5. The molecule has 1 aliphatic rings. The van der Waals surface area contributed by atoms with Crippen molar-refractivity contribution >= 4 is 6.29 Å². The van der Waals surface area contributed by atoms with Crippen LogP contribution in [-0.4, -0.2) is 49.1 Å². The maximum Gasteiger partial charge on any atom is 0.153 e. The number of benzene rings is 1. The van der Waals surface area contributed by atoms with Gasteiger partial charge in [-0.15, -0.1) is 0 Å². The zero-order valence-electron chi connectivity index (χ0n) is 10.5. The summed E-state index contributed by atoms with van der Waals surface area (Å²) >= 11 is 0. The van der Waals surface area contributed by atoms with Crippen LogP contribution in [0.25, 0.3) is 0 Å². The van der Waals surface area contributed by atoms with Crippen LogP contribution in [0.4, 0.5) is 0 Å². The molecule has 4 nitrogen and oxygen atoms in total. The van der Waals surface area contributed by atoms with E-state index in [0.717, 1.165) is 51.3 Å². The Balaban J connectivity index is 1.84. The summed E-state index contributed by atoms with van der Waals surface area (Å²) in [5.41, 5.74) is 1.23. The highest BCUT2D eigenvalue weighted by molar-refractivity contribution is 5.79. The largest absolute Gasteiger partial charge is 0.507 e. The molecule has 1 aromatic carbocycles. The van der Waals surface area contributed by atoms with Crippen molar-refractivity contribution in [3.05, 3.63) is 29.3 Å². The fourth-order valence-corrected chi connectivity index (χ4v) is 2.23. The highest BCUT2D eigenvalue weighted by Crippen LogP contribution is 2.22. The Kier molecular flexibility index (Phi) is 4.73. The number of carbonyl (C=O) groups excluding carboxylic acids is 1. The standard InChI is InChI=1S/C14H19NO3/c16-11-13-4-1-3-12(14(13)17)5-2-6-15-7-9-18-10-8-15/h1,3-4,11,17H,2,5-10H2. The lowest BCUT2D eigenvalue weighted by Crippen LogP contribution is -2.36. The van der Waals surface area contributed by atoms with Gasteiger partial charge in [-0.2, -0.15) is 0 Å². The smallest absolute Gasteiger partial charge is 0.153 e. The molecule has 98 valence electrons. The highest BCUT2D eigenvalue weighted by Gasteiger charge is 2.11. The third-order valence-electron chi connectivity index (χ3n) is 3.30. The summed E-state index contributed by atoms with van der Waals surface area (Å²) in [6.45, 7) is 4.60. The van der Waals surface area contributed by atoms with Crippen LogP contribution in [0.2, 0.25) is 0 Å². The van der Waals surface area contributed by atoms with Crippen LogP contribution in [0.15, 0.2) is 18.2 Å². The number of ether oxygens (including phenoxy) is 1. The van der Waals surface area contributed by atoms with E-state index in [1.54, 1.807) is 6.07 Å². The molecular formula is C14H19NO3. The van der Waals surface area contributed by atoms with Crippen LogP contribution in [-0.2, 0) is 11.2 Å². The lowest BCUT2D eigenvalue weighted by molar-refractivity contribution is 0.0374. The van der Waals surface area contributed by atoms with Gasteiger partial charge < -0.3 is 9.84 Å². The molecule has 1 saturated heterocycles. The summed E-state index contributed by atoms with van der Waals surface area (Å²) in [6, 6.07) is 5.32. The van der Waals surface area contributed by atoms with E-state index in [2.05, 4.69) is 4.90 Å². The third kappa shape index (κ3) is 3.31. The van der Waals surface area contributed by atoms with E-state index in [-0.39, 0.29) is 5.75 Å². The number of rotatable bonds is 5. The quantitative estimate of drug-likeness (QED) is 0.803. The molecule has 1 aromatic rings. The molecule has 0 unspecified atom stereocenters. The summed E-state index contributed by atoms with van der Waals surface area (Å²) in [5.74, 6) is 0.134. The minimum Gasteiger partial charge on any atom is -0.507 e. The Labute approximate surface area is 107 Å². The van der Waals surface area contributed by atoms with E-state index in [9.17, 15) is 9.90 Å². The average molecular weight is 249 g/mol. The fraction of sp³-hybridized carbons (Fsp3) is 0.500. The second-order valence-corrected chi connectivity index (χ2v) is 4.53. The number of morpholine rings is 1. The number of aldehydes is 1. The molecule has 0 saturated carbocycles. The number of phenols is 1. The van der Waals surface area contributed by atoms with Gasteiger partial charge in [0, 0.05) is 13.1 Å². The lowest BCUT2D eigenvalue weighted by atomic mass is 10.0. The summed E-state index contributed by atoms with van der Waals surface area (Å²) in [4.78, 5) is 13.1. The Morgan fingerprint density at radius 2 is 2.11 bits per heavy atom. The average Bonchev–Trinajstić information content (AvgIpc) is 2.42. The summed E-state index contributed by atoms with van der Waals surface area (Å²) in [7, 11) is 0. The molecule has 18 heavy (non-hydrogen) atoms. The van der Waals surface area contributed by atoms with Crippen LogP contribution in [0.1, 0.15) is 22.3 Å². The normalized spacial score (nSPS) is 16.7. The van der Waals surface area contributed by atoms with Crippen LogP contribution < -0.4 is 0 Å². The van der Waals surface area contributed by atoms with E-state index in [0.29, 0.717) is 11.8 Å². The second kappa shape index (κ2) is 6.52. The third-order valence-corrected chi connectivity index (χ3v) is 3.30. The van der Waals surface area contributed by atoms with Gasteiger partial charge in [-0.1, -0.05) is 12.1 Å². The van der Waals surface area contributed by atoms with E-state index in [1.807, 2.05) is 12.1 Å². The van der Waals surface area contributed by atoms with Gasteiger partial charge in [0.1, 0.15) is 5.75 Å². The fourth-order valence-electron chi connectivity index (χ4n) is 2.23. The summed E-state index contributed by atoms with van der Waals surface area (Å²) < 4.78 is 5.29. The van der Waals surface area contributed by atoms with Crippen LogP contribution in [0.3, 0.4) is 0 Å². The Morgan fingerprint density at radius 3 is 2.83 bits per heavy atom. The predicted molar refractivity (Wildman–Crippen MR) is 69.1 cm³/mol. The van der Waals surface area contributed by atoms with Crippen molar-refractivity contribution in [1.82, 2.24) is 4.90 Å². The lowest BCUT2D eigenvalue weighted by Gasteiger charge is -2.26. The van der Waals surface area contributed by atoms with Crippen molar-refractivity contribution < 1.29 is 14.6 Å². The Bertz CT molecular complexity index is 400. The molecule has 0 bridgehead atoms. The molecule has 1 N–H and O–H groups in total. The molecule has 0 atom stereocenters. The molecule has 1 aliphatic heterocycles. The van der Waals surface area contributed by atoms with Crippen molar-refractivity contribution in [1.29, 1.82) is 0 Å². The van der Waals surface area contributed by atoms with Gasteiger partial charge >= 0.3 is 0 Å². The number of aryl methyl sites for hydroxylation is 1. The van der Waals surface area contributed by atoms with Crippen LogP contribution >= 0.6 is 0 Å². The molecule has 1 heterocycles. The Hall–Kier alpha value is -1.39. The molecule has 2 rings (SSSR count). The van der Waals surface area contributed by atoms with Crippen molar-refractivity contribution in [2.24, 2.45) is 0 Å². The van der Waals surface area contributed by atoms with Crippen LogP contribution in [0, 0.1) is 0 Å². The molecule has 0 spiro atoms. The van der Waals surface area contributed by atoms with Gasteiger partial charge in [0.25, 0.3) is 0 Å². The number of para-hydroxylation sites is 1. The van der Waals surface area contributed by atoms with Crippen molar-refractivity contribution in [3.63, 3.8) is 0 Å². The molecule has 0 aromatic heterocycles. The van der Waals surface area contributed by atoms with Crippen molar-refractivity contribution in [2.45, 2.75) is 12.8 Å². The van der Waals surface area contributed by atoms with E-state index >= 15 is 0 Å². The molecule has 0 aliphatic carbocycles. The number of nitrogens with zero attached hydrogens (tertiary/aromatic N) is 1. The van der Waals surface area contributed by atoms with Crippen LogP contribution in [0.5, 0.6) is 5.75 Å². The van der Waals surface area contributed by atoms with E-state index < -0.39 is 0 Å². The minimum atomic E-state index is 0.134. The number of phenolic OH excluding ortho intramolecular Hbond substituents is 1. The molecule has 0 amide bonds. The van der Waals surface area contributed by atoms with Gasteiger partial charge in [-0.3, -0.25) is 9.69 Å². The first-order valence-corrected chi connectivity index (χ1v) is 6.37. The number of hydrogen-bond donors (Lipinski definition) is 1. The van der Waals surface area contributed by atoms with Gasteiger partial charge in [-0.25, -0.2) is 0 Å². The van der Waals surface area contributed by atoms with Gasteiger partial charge in [0.05, 0.1) is 18.8 Å².